The first kappa shape index (κ1) is 17.1. The Hall–Kier alpha value is -3.69. The second kappa shape index (κ2) is 7.47. The molecule has 6 heteroatoms. The van der Waals surface area contributed by atoms with Crippen molar-refractivity contribution in [3.05, 3.63) is 83.8 Å². The van der Waals surface area contributed by atoms with Crippen LogP contribution in [0.3, 0.4) is 0 Å². The second-order valence-electron chi connectivity index (χ2n) is 5.48. The molecule has 1 heterocycles. The molecule has 3 rings (SSSR count). The van der Waals surface area contributed by atoms with Crippen LogP contribution in [0, 0.1) is 6.57 Å². The first-order valence-corrected chi connectivity index (χ1v) is 7.77. The highest BCUT2D eigenvalue weighted by atomic mass is 16.5. The molecule has 0 aliphatic heterocycles. The van der Waals surface area contributed by atoms with E-state index in [1.54, 1.807) is 54.6 Å². The SMILES string of the molecule is [C-]#[N+]c1ccc(Oc2ccc(-c3cccc([C@@H](O)C(N)=O)n3)cc2)cc1. The van der Waals surface area contributed by atoms with E-state index in [0.717, 1.165) is 5.56 Å². The van der Waals surface area contributed by atoms with Gasteiger partial charge in [0.05, 0.1) is 18.0 Å². The summed E-state index contributed by atoms with van der Waals surface area (Å²) in [4.78, 5) is 18.7. The third kappa shape index (κ3) is 3.86. The highest BCUT2D eigenvalue weighted by Gasteiger charge is 2.15. The van der Waals surface area contributed by atoms with Crippen LogP contribution in [0.15, 0.2) is 66.7 Å². The predicted octanol–water partition coefficient (Wildman–Crippen LogP) is 3.61. The van der Waals surface area contributed by atoms with Crippen molar-refractivity contribution in [2.75, 3.05) is 0 Å². The second-order valence-corrected chi connectivity index (χ2v) is 5.48. The van der Waals surface area contributed by atoms with E-state index in [2.05, 4.69) is 9.83 Å². The van der Waals surface area contributed by atoms with Gasteiger partial charge in [0.2, 0.25) is 0 Å². The minimum absolute atomic E-state index is 0.204. The maximum Gasteiger partial charge on any atom is 0.252 e. The maximum atomic E-state index is 11.1. The average molecular weight is 345 g/mol. The van der Waals surface area contributed by atoms with Crippen LogP contribution in [0.2, 0.25) is 0 Å². The number of benzene rings is 2. The number of hydrogen-bond donors (Lipinski definition) is 2. The maximum absolute atomic E-state index is 11.1. The molecule has 128 valence electrons. The summed E-state index contributed by atoms with van der Waals surface area (Å²) in [5.41, 5.74) is 7.27. The zero-order valence-electron chi connectivity index (χ0n) is 13.7. The van der Waals surface area contributed by atoms with Crippen LogP contribution in [0.25, 0.3) is 16.1 Å². The van der Waals surface area contributed by atoms with Gasteiger partial charge in [-0.2, -0.15) is 0 Å². The Morgan fingerprint density at radius 2 is 1.65 bits per heavy atom. The van der Waals surface area contributed by atoms with Gasteiger partial charge in [-0.1, -0.05) is 18.2 Å². The molecular weight excluding hydrogens is 330 g/mol. The number of ether oxygens (including phenoxy) is 1. The number of primary amides is 1. The van der Waals surface area contributed by atoms with Crippen molar-refractivity contribution in [1.29, 1.82) is 0 Å². The minimum atomic E-state index is -1.43. The molecule has 0 saturated carbocycles. The van der Waals surface area contributed by atoms with Gasteiger partial charge >= 0.3 is 0 Å². The van der Waals surface area contributed by atoms with Crippen molar-refractivity contribution < 1.29 is 14.6 Å². The van der Waals surface area contributed by atoms with Crippen LogP contribution < -0.4 is 10.5 Å². The molecule has 0 aliphatic carbocycles. The number of aromatic nitrogens is 1. The van der Waals surface area contributed by atoms with Gasteiger partial charge in [0.15, 0.2) is 11.8 Å². The molecule has 0 bridgehead atoms. The summed E-state index contributed by atoms with van der Waals surface area (Å²) in [6, 6.07) is 19.1. The number of nitrogens with zero attached hydrogens (tertiary/aromatic N) is 2. The minimum Gasteiger partial charge on any atom is -0.457 e. The lowest BCUT2D eigenvalue weighted by Gasteiger charge is -2.09. The molecule has 3 aromatic rings. The highest BCUT2D eigenvalue weighted by molar-refractivity contribution is 5.79. The van der Waals surface area contributed by atoms with E-state index in [4.69, 9.17) is 17.0 Å². The standard InChI is InChI=1S/C20H15N3O3/c1-22-14-7-11-16(12-8-14)26-15-9-5-13(6-10-15)17-3-2-4-18(23-17)19(24)20(21)25/h2-12,19,24H,(H2,21,25)/t19-/m1/s1. The molecule has 0 spiro atoms. The van der Waals surface area contributed by atoms with Crippen LogP contribution in [0.4, 0.5) is 5.69 Å². The van der Waals surface area contributed by atoms with Crippen molar-refractivity contribution in [3.63, 3.8) is 0 Å². The normalized spacial score (nSPS) is 11.4. The van der Waals surface area contributed by atoms with Crippen LogP contribution in [-0.2, 0) is 4.79 Å². The van der Waals surface area contributed by atoms with Gasteiger partial charge in [0.25, 0.3) is 5.91 Å². The third-order valence-corrected chi connectivity index (χ3v) is 3.67. The summed E-state index contributed by atoms with van der Waals surface area (Å²) in [6.45, 7) is 6.94. The quantitative estimate of drug-likeness (QED) is 0.691. The number of hydrogen-bond acceptors (Lipinski definition) is 4. The fourth-order valence-corrected chi connectivity index (χ4v) is 2.33. The average Bonchev–Trinajstić information content (AvgIpc) is 2.68. The molecule has 0 fully saturated rings. The molecular formula is C20H15N3O3. The van der Waals surface area contributed by atoms with E-state index in [1.807, 2.05) is 12.1 Å². The molecule has 1 atom stereocenters. The highest BCUT2D eigenvalue weighted by Crippen LogP contribution is 2.27. The summed E-state index contributed by atoms with van der Waals surface area (Å²) in [5.74, 6) is 0.426. The molecule has 0 unspecified atom stereocenters. The fourth-order valence-electron chi connectivity index (χ4n) is 2.33. The topological polar surface area (TPSA) is 89.8 Å². The van der Waals surface area contributed by atoms with Crippen molar-refractivity contribution in [2.24, 2.45) is 5.73 Å². The molecule has 26 heavy (non-hydrogen) atoms. The smallest absolute Gasteiger partial charge is 0.252 e. The number of carbonyl (C=O) groups is 1. The number of pyridine rings is 1. The van der Waals surface area contributed by atoms with Crippen molar-refractivity contribution >= 4 is 11.6 Å². The van der Waals surface area contributed by atoms with Crippen molar-refractivity contribution in [3.8, 4) is 22.8 Å². The van der Waals surface area contributed by atoms with Gasteiger partial charge in [-0.05, 0) is 48.5 Å². The van der Waals surface area contributed by atoms with Gasteiger partial charge in [0.1, 0.15) is 11.5 Å². The van der Waals surface area contributed by atoms with Crippen LogP contribution in [0.5, 0.6) is 11.5 Å². The van der Waals surface area contributed by atoms with E-state index in [0.29, 0.717) is 22.9 Å². The fraction of sp³-hybridized carbons (Fsp3) is 0.0500. The first-order chi connectivity index (χ1) is 12.6. The first-order valence-electron chi connectivity index (χ1n) is 7.77. The molecule has 3 N–H and O–H groups in total. The Morgan fingerprint density at radius 3 is 2.23 bits per heavy atom. The summed E-state index contributed by atoms with van der Waals surface area (Å²) in [7, 11) is 0. The van der Waals surface area contributed by atoms with Gasteiger partial charge < -0.3 is 15.6 Å². The van der Waals surface area contributed by atoms with Gasteiger partial charge in [-0.3, -0.25) is 4.79 Å². The van der Waals surface area contributed by atoms with Crippen LogP contribution in [-0.4, -0.2) is 16.0 Å². The van der Waals surface area contributed by atoms with Gasteiger partial charge in [0, 0.05) is 5.56 Å². The van der Waals surface area contributed by atoms with E-state index < -0.39 is 12.0 Å². The molecule has 0 aliphatic rings. The lowest BCUT2D eigenvalue weighted by atomic mass is 10.1. The number of amides is 1. The predicted molar refractivity (Wildman–Crippen MR) is 96.6 cm³/mol. The summed E-state index contributed by atoms with van der Waals surface area (Å²) in [5, 5.41) is 9.74. The monoisotopic (exact) mass is 345 g/mol. The Labute approximate surface area is 150 Å². The number of nitrogens with two attached hydrogens (primary N) is 1. The van der Waals surface area contributed by atoms with Gasteiger partial charge in [-0.15, -0.1) is 0 Å². The summed E-state index contributed by atoms with van der Waals surface area (Å²) in [6.07, 6.45) is -1.43. The van der Waals surface area contributed by atoms with Crippen molar-refractivity contribution in [2.45, 2.75) is 6.10 Å². The van der Waals surface area contributed by atoms with E-state index >= 15 is 0 Å². The number of aliphatic hydroxyl groups is 1. The Morgan fingerprint density at radius 1 is 1.04 bits per heavy atom. The summed E-state index contributed by atoms with van der Waals surface area (Å²) >= 11 is 0. The number of aliphatic hydroxyl groups excluding tert-OH is 1. The zero-order valence-corrected chi connectivity index (χ0v) is 13.7. The van der Waals surface area contributed by atoms with Crippen LogP contribution in [0.1, 0.15) is 11.8 Å². The molecule has 0 saturated heterocycles. The number of rotatable bonds is 5. The molecule has 2 aromatic carbocycles. The lowest BCUT2D eigenvalue weighted by Crippen LogP contribution is -2.21. The van der Waals surface area contributed by atoms with E-state index in [-0.39, 0.29) is 5.69 Å². The summed E-state index contributed by atoms with van der Waals surface area (Å²) < 4.78 is 5.74. The van der Waals surface area contributed by atoms with Crippen molar-refractivity contribution in [1.82, 2.24) is 4.98 Å². The third-order valence-electron chi connectivity index (χ3n) is 3.67. The van der Waals surface area contributed by atoms with E-state index in [9.17, 15) is 9.90 Å². The molecule has 0 radical (unpaired) electrons. The molecule has 6 nitrogen and oxygen atoms in total. The Balaban J connectivity index is 1.78. The largest absolute Gasteiger partial charge is 0.457 e. The van der Waals surface area contributed by atoms with Gasteiger partial charge in [-0.25, -0.2) is 9.83 Å². The number of carbonyl (C=O) groups excluding carboxylic acids is 1. The molecule has 1 aromatic heterocycles. The molecule has 1 amide bonds. The Bertz CT molecular complexity index is 961. The lowest BCUT2D eigenvalue weighted by molar-refractivity contribution is -0.126. The van der Waals surface area contributed by atoms with E-state index in [1.165, 1.54) is 0 Å². The Kier molecular flexibility index (Phi) is 4.92. The van der Waals surface area contributed by atoms with Crippen LogP contribution >= 0.6 is 0 Å². The zero-order chi connectivity index (χ0) is 18.5.